The number of nitrogens with two attached hydrogens (primary N) is 1. The molecule has 0 aromatic carbocycles. The van der Waals surface area contributed by atoms with Crippen molar-refractivity contribution in [2.24, 2.45) is 5.73 Å². The molecule has 2 atom stereocenters. The Hall–Kier alpha value is -0.710. The zero-order valence-corrected chi connectivity index (χ0v) is 23.4. The minimum absolute atomic E-state index is 0.262. The highest BCUT2D eigenvalue weighted by molar-refractivity contribution is 7.99. The van der Waals surface area contributed by atoms with Crippen molar-refractivity contribution in [3.63, 3.8) is 0 Å². The molecule has 0 aromatic rings. The Morgan fingerprint density at radius 1 is 0.667 bits per heavy atom. The van der Waals surface area contributed by atoms with E-state index in [1.165, 1.54) is 89.9 Å². The van der Waals surface area contributed by atoms with E-state index in [4.69, 9.17) is 5.73 Å². The van der Waals surface area contributed by atoms with Gasteiger partial charge in [-0.05, 0) is 26.7 Å². The van der Waals surface area contributed by atoms with E-state index < -0.39 is 0 Å². The highest BCUT2D eigenvalue weighted by Crippen LogP contribution is 2.21. The summed E-state index contributed by atoms with van der Waals surface area (Å²) in [5.41, 5.74) is 5.22. The molecule has 0 bridgehead atoms. The van der Waals surface area contributed by atoms with Gasteiger partial charge in [0.25, 0.3) is 0 Å². The zero-order chi connectivity index (χ0) is 24.7. The Balaban J connectivity index is 4.50. The SMILES string of the molecule is CCCCCCCCCC(C)N(C(=O)CCSCCC(N)=O)C(C)CCCCCCCCC. The Bertz CT molecular complexity index is 449. The summed E-state index contributed by atoms with van der Waals surface area (Å²) in [5, 5.41) is 0. The van der Waals surface area contributed by atoms with Gasteiger partial charge in [-0.25, -0.2) is 0 Å². The second-order valence-electron chi connectivity index (χ2n) is 9.90. The van der Waals surface area contributed by atoms with Crippen LogP contribution in [0.5, 0.6) is 0 Å². The smallest absolute Gasteiger partial charge is 0.223 e. The van der Waals surface area contributed by atoms with E-state index in [9.17, 15) is 9.59 Å². The van der Waals surface area contributed by atoms with Gasteiger partial charge in [-0.2, -0.15) is 11.8 Å². The molecule has 0 aliphatic heterocycles. The lowest BCUT2D eigenvalue weighted by molar-refractivity contribution is -0.135. The van der Waals surface area contributed by atoms with Crippen LogP contribution in [0.3, 0.4) is 0 Å². The van der Waals surface area contributed by atoms with Gasteiger partial charge in [0.05, 0.1) is 0 Å². The van der Waals surface area contributed by atoms with Gasteiger partial charge in [0.1, 0.15) is 0 Å². The van der Waals surface area contributed by atoms with Gasteiger partial charge in [-0.15, -0.1) is 0 Å². The number of hydrogen-bond donors (Lipinski definition) is 1. The monoisotopic (exact) mass is 484 g/mol. The molecule has 2 amide bonds. The molecule has 0 spiro atoms. The summed E-state index contributed by atoms with van der Waals surface area (Å²) >= 11 is 1.66. The number of nitrogens with zero attached hydrogens (tertiary/aromatic N) is 1. The van der Waals surface area contributed by atoms with E-state index in [0.717, 1.165) is 18.6 Å². The van der Waals surface area contributed by atoms with Crippen LogP contribution in [0.25, 0.3) is 0 Å². The van der Waals surface area contributed by atoms with Gasteiger partial charge in [-0.1, -0.05) is 104 Å². The van der Waals surface area contributed by atoms with Crippen molar-refractivity contribution in [2.75, 3.05) is 11.5 Å². The highest BCUT2D eigenvalue weighted by Gasteiger charge is 2.24. The molecule has 0 heterocycles. The molecule has 2 N–H and O–H groups in total. The lowest BCUT2D eigenvalue weighted by Crippen LogP contribution is -2.45. The maximum atomic E-state index is 13.2. The molecule has 0 radical (unpaired) electrons. The molecule has 2 unspecified atom stereocenters. The Morgan fingerprint density at radius 3 is 1.48 bits per heavy atom. The second kappa shape index (κ2) is 23.1. The number of carbonyl (C=O) groups is 2. The van der Waals surface area contributed by atoms with Gasteiger partial charge in [0.15, 0.2) is 0 Å². The summed E-state index contributed by atoms with van der Waals surface area (Å²) in [7, 11) is 0. The van der Waals surface area contributed by atoms with Crippen molar-refractivity contribution >= 4 is 23.6 Å². The van der Waals surface area contributed by atoms with Crippen molar-refractivity contribution in [3.8, 4) is 0 Å². The highest BCUT2D eigenvalue weighted by atomic mass is 32.2. The predicted octanol–water partition coefficient (Wildman–Crippen LogP) is 7.87. The van der Waals surface area contributed by atoms with Crippen molar-refractivity contribution in [2.45, 2.75) is 155 Å². The lowest BCUT2D eigenvalue weighted by Gasteiger charge is -2.35. The zero-order valence-electron chi connectivity index (χ0n) is 22.5. The van der Waals surface area contributed by atoms with Crippen LogP contribution in [-0.4, -0.2) is 40.3 Å². The van der Waals surface area contributed by atoms with E-state index >= 15 is 0 Å². The number of unbranched alkanes of at least 4 members (excludes halogenated alkanes) is 12. The molecule has 0 rings (SSSR count). The average molecular weight is 485 g/mol. The van der Waals surface area contributed by atoms with E-state index in [-0.39, 0.29) is 11.8 Å². The van der Waals surface area contributed by atoms with E-state index in [1.54, 1.807) is 11.8 Å². The summed E-state index contributed by atoms with van der Waals surface area (Å²) in [6.07, 6.45) is 21.5. The second-order valence-corrected chi connectivity index (χ2v) is 11.1. The molecule has 0 fully saturated rings. The summed E-state index contributed by atoms with van der Waals surface area (Å²) < 4.78 is 0. The van der Waals surface area contributed by atoms with Crippen molar-refractivity contribution in [1.29, 1.82) is 0 Å². The molecule has 0 aliphatic rings. The molecule has 33 heavy (non-hydrogen) atoms. The van der Waals surface area contributed by atoms with Crippen LogP contribution in [0.4, 0.5) is 0 Å². The summed E-state index contributed by atoms with van der Waals surface area (Å²) in [6.45, 7) is 9.02. The van der Waals surface area contributed by atoms with Crippen molar-refractivity contribution in [1.82, 2.24) is 4.90 Å². The maximum absolute atomic E-state index is 13.2. The topological polar surface area (TPSA) is 63.4 Å². The fourth-order valence-electron chi connectivity index (χ4n) is 4.56. The molecule has 4 nitrogen and oxygen atoms in total. The third-order valence-corrected chi connectivity index (χ3v) is 7.63. The number of primary amides is 1. The first kappa shape index (κ1) is 32.3. The summed E-state index contributed by atoms with van der Waals surface area (Å²) in [5.74, 6) is 1.51. The molecule has 0 aliphatic carbocycles. The minimum Gasteiger partial charge on any atom is -0.370 e. The Morgan fingerprint density at radius 2 is 1.06 bits per heavy atom. The molecule has 0 aromatic heterocycles. The van der Waals surface area contributed by atoms with E-state index in [2.05, 4.69) is 32.6 Å². The summed E-state index contributed by atoms with van der Waals surface area (Å²) in [4.78, 5) is 26.3. The van der Waals surface area contributed by atoms with Crippen LogP contribution in [0.1, 0.15) is 143 Å². The molecule has 5 heteroatoms. The Labute approximate surface area is 210 Å². The van der Waals surface area contributed by atoms with Crippen molar-refractivity contribution < 1.29 is 9.59 Å². The molecule has 0 saturated carbocycles. The molecular formula is C28H56N2O2S. The first-order valence-corrected chi connectivity index (χ1v) is 15.3. The van der Waals surface area contributed by atoms with Gasteiger partial charge in [0.2, 0.25) is 11.8 Å². The molecular weight excluding hydrogens is 428 g/mol. The standard InChI is InChI=1S/C28H56N2O2S/c1-5-7-9-11-13-15-17-19-25(3)30(28(32)22-24-33-23-21-27(29)31)26(4)20-18-16-14-12-10-8-6-2/h25-26H,5-24H2,1-4H3,(H2,29,31). The number of carbonyl (C=O) groups excluding carboxylic acids is 2. The fraction of sp³-hybridized carbons (Fsp3) is 0.929. The fourth-order valence-corrected chi connectivity index (χ4v) is 5.43. The van der Waals surface area contributed by atoms with E-state index in [1.807, 2.05) is 0 Å². The predicted molar refractivity (Wildman–Crippen MR) is 147 cm³/mol. The quantitative estimate of drug-likeness (QED) is 0.142. The van der Waals surface area contributed by atoms with Crippen molar-refractivity contribution in [3.05, 3.63) is 0 Å². The van der Waals surface area contributed by atoms with Crippen LogP contribution in [0, 0.1) is 0 Å². The van der Waals surface area contributed by atoms with Crippen LogP contribution < -0.4 is 5.73 Å². The first-order valence-electron chi connectivity index (χ1n) is 14.1. The third-order valence-electron chi connectivity index (χ3n) is 6.64. The number of amides is 2. The molecule has 196 valence electrons. The van der Waals surface area contributed by atoms with E-state index in [0.29, 0.717) is 30.7 Å². The normalized spacial score (nSPS) is 13.1. The van der Waals surface area contributed by atoms with Gasteiger partial charge in [0, 0.05) is 36.4 Å². The Kier molecular flexibility index (Phi) is 22.6. The largest absolute Gasteiger partial charge is 0.370 e. The molecule has 0 saturated heterocycles. The van der Waals surface area contributed by atoms with Crippen LogP contribution in [0.2, 0.25) is 0 Å². The van der Waals surface area contributed by atoms with Gasteiger partial charge in [-0.3, -0.25) is 9.59 Å². The third kappa shape index (κ3) is 19.3. The van der Waals surface area contributed by atoms with Gasteiger partial charge >= 0.3 is 0 Å². The van der Waals surface area contributed by atoms with Crippen LogP contribution in [-0.2, 0) is 9.59 Å². The number of rotatable bonds is 24. The van der Waals surface area contributed by atoms with Crippen LogP contribution in [0.15, 0.2) is 0 Å². The minimum atomic E-state index is -0.262. The summed E-state index contributed by atoms with van der Waals surface area (Å²) in [6, 6.07) is 0.617. The lowest BCUT2D eigenvalue weighted by atomic mass is 10.0. The van der Waals surface area contributed by atoms with Gasteiger partial charge < -0.3 is 10.6 Å². The maximum Gasteiger partial charge on any atom is 0.223 e. The van der Waals surface area contributed by atoms with Crippen LogP contribution >= 0.6 is 11.8 Å². The number of hydrogen-bond acceptors (Lipinski definition) is 3. The average Bonchev–Trinajstić information content (AvgIpc) is 2.77. The first-order chi connectivity index (χ1) is 15.9. The number of thioether (sulfide) groups is 1.